The van der Waals surface area contributed by atoms with Crippen molar-refractivity contribution in [3.05, 3.63) is 42.1 Å². The van der Waals surface area contributed by atoms with Crippen LogP contribution in [0.3, 0.4) is 0 Å². The van der Waals surface area contributed by atoms with Crippen LogP contribution in [-0.4, -0.2) is 21.9 Å². The highest BCUT2D eigenvalue weighted by Crippen LogP contribution is 2.31. The summed E-state index contributed by atoms with van der Waals surface area (Å²) in [5.74, 6) is -3.07. The molecule has 2 N–H and O–H groups in total. The molecule has 3 nitrogen and oxygen atoms in total. The van der Waals surface area contributed by atoms with Gasteiger partial charge in [0, 0.05) is 18.6 Å². The third kappa shape index (κ3) is 2.50. The Kier molecular flexibility index (Phi) is 3.19. The highest BCUT2D eigenvalue weighted by atomic mass is 19.3. The molecule has 0 saturated carbocycles. The minimum absolute atomic E-state index is 0.273. The number of nitrogens with one attached hydrogen (secondary N) is 1. The number of H-pyrrole nitrogens is 1. The summed E-state index contributed by atoms with van der Waals surface area (Å²) in [6.45, 7) is -0.563. The lowest BCUT2D eigenvalue weighted by Gasteiger charge is -2.11. The van der Waals surface area contributed by atoms with Crippen molar-refractivity contribution in [3.63, 3.8) is 0 Å². The van der Waals surface area contributed by atoms with Crippen LogP contribution in [0, 0.1) is 0 Å². The monoisotopic (exact) mass is 238 g/mol. The number of hydrogen-bond donors (Lipinski definition) is 2. The number of rotatable bonds is 4. The van der Waals surface area contributed by atoms with Crippen molar-refractivity contribution >= 4 is 0 Å². The van der Waals surface area contributed by atoms with Gasteiger partial charge in [-0.3, -0.25) is 5.10 Å². The predicted octanol–water partition coefficient (Wildman–Crippen LogP) is 2.55. The summed E-state index contributed by atoms with van der Waals surface area (Å²) in [5, 5.41) is 14.7. The SMILES string of the molecule is OCCC(F)(F)c1cc(-c2ccccc2)n[nH]1. The maximum atomic E-state index is 13.5. The molecule has 0 atom stereocenters. The molecule has 0 fully saturated rings. The van der Waals surface area contributed by atoms with Crippen molar-refractivity contribution in [1.29, 1.82) is 0 Å². The van der Waals surface area contributed by atoms with Gasteiger partial charge >= 0.3 is 0 Å². The number of aromatic nitrogens is 2. The topological polar surface area (TPSA) is 48.9 Å². The molecule has 0 aliphatic carbocycles. The molecular weight excluding hydrogens is 226 g/mol. The summed E-state index contributed by atoms with van der Waals surface area (Å²) < 4.78 is 26.9. The third-order valence-corrected chi connectivity index (χ3v) is 2.47. The number of aromatic amines is 1. The van der Waals surface area contributed by atoms with Gasteiger partial charge in [-0.15, -0.1) is 0 Å². The van der Waals surface area contributed by atoms with Gasteiger partial charge in [0.2, 0.25) is 0 Å². The number of aliphatic hydroxyl groups excluding tert-OH is 1. The summed E-state index contributed by atoms with van der Waals surface area (Å²) in [7, 11) is 0. The third-order valence-electron chi connectivity index (χ3n) is 2.47. The van der Waals surface area contributed by atoms with Gasteiger partial charge in [-0.1, -0.05) is 30.3 Å². The maximum absolute atomic E-state index is 13.5. The fourth-order valence-corrected chi connectivity index (χ4v) is 1.54. The molecule has 90 valence electrons. The van der Waals surface area contributed by atoms with E-state index < -0.39 is 19.0 Å². The van der Waals surface area contributed by atoms with Gasteiger partial charge in [-0.05, 0) is 6.07 Å². The molecule has 0 bridgehead atoms. The molecule has 1 aromatic heterocycles. The van der Waals surface area contributed by atoms with Gasteiger partial charge in [0.15, 0.2) is 0 Å². The predicted molar refractivity (Wildman–Crippen MR) is 59.6 cm³/mol. The van der Waals surface area contributed by atoms with Gasteiger partial charge in [0.1, 0.15) is 5.69 Å². The van der Waals surface area contributed by atoms with Crippen LogP contribution in [0.5, 0.6) is 0 Å². The molecule has 17 heavy (non-hydrogen) atoms. The maximum Gasteiger partial charge on any atom is 0.291 e. The number of benzene rings is 1. The number of alkyl halides is 2. The average molecular weight is 238 g/mol. The van der Waals surface area contributed by atoms with Crippen molar-refractivity contribution in [3.8, 4) is 11.3 Å². The Morgan fingerprint density at radius 1 is 1.24 bits per heavy atom. The van der Waals surface area contributed by atoms with Crippen molar-refractivity contribution in [2.24, 2.45) is 0 Å². The standard InChI is InChI=1S/C12H12F2N2O/c13-12(14,6-7-17)11-8-10(15-16-11)9-4-2-1-3-5-9/h1-5,8,17H,6-7H2,(H,15,16). The molecule has 2 rings (SSSR count). The summed E-state index contributed by atoms with van der Waals surface area (Å²) in [5.41, 5.74) is 0.971. The van der Waals surface area contributed by atoms with Gasteiger partial charge in [-0.25, -0.2) is 0 Å². The first-order valence-corrected chi connectivity index (χ1v) is 5.23. The van der Waals surface area contributed by atoms with Crippen molar-refractivity contribution in [2.75, 3.05) is 6.61 Å². The second-order valence-electron chi connectivity index (χ2n) is 3.71. The van der Waals surface area contributed by atoms with E-state index in [9.17, 15) is 8.78 Å². The van der Waals surface area contributed by atoms with Crippen molar-refractivity contribution in [2.45, 2.75) is 12.3 Å². The smallest absolute Gasteiger partial charge is 0.291 e. The molecule has 1 heterocycles. The van der Waals surface area contributed by atoms with Crippen LogP contribution in [0.1, 0.15) is 12.1 Å². The van der Waals surface area contributed by atoms with Gasteiger partial charge in [0.05, 0.1) is 5.69 Å². The fraction of sp³-hybridized carbons (Fsp3) is 0.250. The Labute approximate surface area is 97.1 Å². The average Bonchev–Trinajstić information content (AvgIpc) is 2.80. The van der Waals surface area contributed by atoms with Crippen molar-refractivity contribution in [1.82, 2.24) is 10.2 Å². The molecule has 0 unspecified atom stereocenters. The molecule has 0 radical (unpaired) electrons. The lowest BCUT2D eigenvalue weighted by molar-refractivity contribution is -0.0310. The van der Waals surface area contributed by atoms with Crippen molar-refractivity contribution < 1.29 is 13.9 Å². The first-order valence-electron chi connectivity index (χ1n) is 5.23. The minimum atomic E-state index is -3.07. The van der Waals surface area contributed by atoms with Crippen LogP contribution in [0.2, 0.25) is 0 Å². The van der Waals surface area contributed by atoms with E-state index in [-0.39, 0.29) is 5.69 Å². The minimum Gasteiger partial charge on any atom is -0.396 e. The summed E-state index contributed by atoms with van der Waals surface area (Å²) >= 11 is 0. The lowest BCUT2D eigenvalue weighted by Crippen LogP contribution is -2.15. The Hall–Kier alpha value is -1.75. The van der Waals surface area contributed by atoms with Gasteiger partial charge < -0.3 is 5.11 Å². The van der Waals surface area contributed by atoms with Crippen LogP contribution >= 0.6 is 0 Å². The Morgan fingerprint density at radius 2 is 1.94 bits per heavy atom. The van der Waals surface area contributed by atoms with Crippen LogP contribution in [0.4, 0.5) is 8.78 Å². The molecule has 0 spiro atoms. The quantitative estimate of drug-likeness (QED) is 0.860. The van der Waals surface area contributed by atoms with E-state index in [1.807, 2.05) is 18.2 Å². The number of nitrogens with zero attached hydrogens (tertiary/aromatic N) is 1. The van der Waals surface area contributed by atoms with E-state index in [4.69, 9.17) is 5.11 Å². The molecule has 1 aromatic carbocycles. The largest absolute Gasteiger partial charge is 0.396 e. The summed E-state index contributed by atoms with van der Waals surface area (Å²) in [6, 6.07) is 10.4. The van der Waals surface area contributed by atoms with E-state index >= 15 is 0 Å². The fourth-order valence-electron chi connectivity index (χ4n) is 1.54. The number of aliphatic hydroxyl groups is 1. The first-order chi connectivity index (χ1) is 8.13. The van der Waals surface area contributed by atoms with E-state index in [0.717, 1.165) is 5.56 Å². The van der Waals surface area contributed by atoms with Crippen LogP contribution in [-0.2, 0) is 5.92 Å². The van der Waals surface area contributed by atoms with Gasteiger partial charge in [-0.2, -0.15) is 13.9 Å². The van der Waals surface area contributed by atoms with Crippen LogP contribution in [0.25, 0.3) is 11.3 Å². The van der Waals surface area contributed by atoms with Gasteiger partial charge in [0.25, 0.3) is 5.92 Å². The summed E-state index contributed by atoms with van der Waals surface area (Å²) in [6.07, 6.45) is -0.608. The second-order valence-corrected chi connectivity index (χ2v) is 3.71. The van der Waals surface area contributed by atoms with E-state index in [1.165, 1.54) is 6.07 Å². The summed E-state index contributed by atoms with van der Waals surface area (Å²) in [4.78, 5) is 0. The molecule has 0 aliphatic rings. The zero-order valence-electron chi connectivity index (χ0n) is 9.03. The second kappa shape index (κ2) is 4.63. The molecular formula is C12H12F2N2O. The lowest BCUT2D eigenvalue weighted by atomic mass is 10.1. The number of halogens is 2. The normalized spacial score (nSPS) is 11.7. The number of hydrogen-bond acceptors (Lipinski definition) is 2. The zero-order chi connectivity index (χ0) is 12.3. The molecule has 5 heteroatoms. The van der Waals surface area contributed by atoms with E-state index in [2.05, 4.69) is 10.2 Å². The van der Waals surface area contributed by atoms with Crippen LogP contribution < -0.4 is 0 Å². The highest BCUT2D eigenvalue weighted by molar-refractivity contribution is 5.59. The molecule has 0 saturated heterocycles. The molecule has 2 aromatic rings. The Bertz CT molecular complexity index is 482. The van der Waals surface area contributed by atoms with Crippen LogP contribution in [0.15, 0.2) is 36.4 Å². The highest BCUT2D eigenvalue weighted by Gasteiger charge is 2.33. The van der Waals surface area contributed by atoms with E-state index in [0.29, 0.717) is 5.69 Å². The first kappa shape index (κ1) is 11.7. The molecule has 0 aliphatic heterocycles. The zero-order valence-corrected chi connectivity index (χ0v) is 9.03. The Morgan fingerprint density at radius 3 is 2.59 bits per heavy atom. The Balaban J connectivity index is 2.28. The van der Waals surface area contributed by atoms with E-state index in [1.54, 1.807) is 12.1 Å². The molecule has 0 amide bonds.